The summed E-state index contributed by atoms with van der Waals surface area (Å²) in [6.45, 7) is 1.37. The molecule has 3 rings (SSSR count). The zero-order chi connectivity index (χ0) is 21.0. The van der Waals surface area contributed by atoms with E-state index in [0.29, 0.717) is 43.2 Å². The molecule has 1 fully saturated rings. The number of ether oxygens (including phenoxy) is 3. The summed E-state index contributed by atoms with van der Waals surface area (Å²) in [6.07, 6.45) is 1.24. The number of methoxy groups -OCH3 is 3. The Morgan fingerprint density at radius 2 is 1.76 bits per heavy atom. The number of carboxylic acids is 1. The van der Waals surface area contributed by atoms with E-state index in [2.05, 4.69) is 33.0 Å². The number of aliphatic carboxylic acids is 1. The minimum atomic E-state index is -0.715. The van der Waals surface area contributed by atoms with E-state index in [9.17, 15) is 9.90 Å². The second-order valence-corrected chi connectivity index (χ2v) is 7.95. The lowest BCUT2D eigenvalue weighted by Crippen LogP contribution is -2.39. The molecule has 29 heavy (non-hydrogen) atoms. The fourth-order valence-electron chi connectivity index (χ4n) is 4.01. The molecule has 6 nitrogen and oxygen atoms in total. The number of halogens is 1. The summed E-state index contributed by atoms with van der Waals surface area (Å²) < 4.78 is 17.8. The Balaban J connectivity index is 2.08. The second kappa shape index (κ2) is 9.50. The van der Waals surface area contributed by atoms with Crippen molar-refractivity contribution in [3.8, 4) is 17.2 Å². The molecule has 0 bridgehead atoms. The van der Waals surface area contributed by atoms with E-state index in [1.54, 1.807) is 21.3 Å². The van der Waals surface area contributed by atoms with Gasteiger partial charge in [0.2, 0.25) is 5.75 Å². The van der Waals surface area contributed by atoms with Gasteiger partial charge in [0.05, 0.1) is 33.3 Å². The summed E-state index contributed by atoms with van der Waals surface area (Å²) in [5.41, 5.74) is 2.05. The van der Waals surface area contributed by atoms with Crippen LogP contribution >= 0.6 is 15.9 Å². The lowest BCUT2D eigenvalue weighted by atomic mass is 9.90. The molecule has 1 N–H and O–H groups in total. The first-order valence-electron chi connectivity index (χ1n) is 9.51. The Morgan fingerprint density at radius 3 is 2.31 bits per heavy atom. The van der Waals surface area contributed by atoms with E-state index >= 15 is 0 Å². The van der Waals surface area contributed by atoms with Crippen LogP contribution in [0.5, 0.6) is 17.2 Å². The molecule has 0 amide bonds. The minimum absolute atomic E-state index is 0.1000. The first-order chi connectivity index (χ1) is 14.0. The summed E-state index contributed by atoms with van der Waals surface area (Å²) >= 11 is 3.57. The maximum Gasteiger partial charge on any atom is 0.306 e. The van der Waals surface area contributed by atoms with Crippen LogP contribution in [0.3, 0.4) is 0 Å². The molecule has 0 aliphatic carbocycles. The highest BCUT2D eigenvalue weighted by atomic mass is 79.9. The Morgan fingerprint density at radius 1 is 1.07 bits per heavy atom. The first kappa shape index (κ1) is 21.5. The summed E-state index contributed by atoms with van der Waals surface area (Å²) in [5.74, 6) is 0.768. The van der Waals surface area contributed by atoms with Gasteiger partial charge in [-0.2, -0.15) is 0 Å². The van der Waals surface area contributed by atoms with E-state index in [4.69, 9.17) is 14.2 Å². The number of rotatable bonds is 7. The number of carboxylic acid groups (broad SMARTS) is 1. The highest BCUT2D eigenvalue weighted by Crippen LogP contribution is 2.46. The number of carbonyl (C=O) groups is 1. The number of hydrogen-bond donors (Lipinski definition) is 1. The van der Waals surface area contributed by atoms with Gasteiger partial charge in [-0.3, -0.25) is 9.69 Å². The molecule has 1 atom stereocenters. The van der Waals surface area contributed by atoms with Crippen molar-refractivity contribution in [2.24, 2.45) is 5.92 Å². The number of hydrogen-bond acceptors (Lipinski definition) is 5. The van der Waals surface area contributed by atoms with Gasteiger partial charge in [0.1, 0.15) is 0 Å². The van der Waals surface area contributed by atoms with Crippen LogP contribution in [0.4, 0.5) is 0 Å². The normalized spacial score (nSPS) is 16.3. The van der Waals surface area contributed by atoms with Crippen LogP contribution < -0.4 is 14.2 Å². The topological polar surface area (TPSA) is 68.2 Å². The third-order valence-corrected chi connectivity index (χ3v) is 5.93. The van der Waals surface area contributed by atoms with Crippen LogP contribution in [0.15, 0.2) is 40.9 Å². The molecule has 0 saturated carbocycles. The third kappa shape index (κ3) is 4.51. The minimum Gasteiger partial charge on any atom is -0.493 e. The van der Waals surface area contributed by atoms with Crippen molar-refractivity contribution in [2.45, 2.75) is 18.9 Å². The maximum atomic E-state index is 11.4. The molecule has 0 aromatic heterocycles. The maximum absolute atomic E-state index is 11.4. The molecular formula is C22H26BrNO5. The highest BCUT2D eigenvalue weighted by Gasteiger charge is 2.33. The lowest BCUT2D eigenvalue weighted by Gasteiger charge is -2.37. The average Bonchev–Trinajstić information content (AvgIpc) is 2.73. The molecule has 1 heterocycles. The largest absolute Gasteiger partial charge is 0.493 e. The Kier molecular flexibility index (Phi) is 7.03. The van der Waals surface area contributed by atoms with Gasteiger partial charge in [0.15, 0.2) is 11.5 Å². The zero-order valence-corrected chi connectivity index (χ0v) is 18.4. The van der Waals surface area contributed by atoms with Crippen molar-refractivity contribution in [3.05, 3.63) is 52.0 Å². The Labute approximate surface area is 179 Å². The molecule has 2 aromatic rings. The highest BCUT2D eigenvalue weighted by molar-refractivity contribution is 9.10. The number of nitrogens with zero attached hydrogens (tertiary/aromatic N) is 1. The standard InChI is InChI=1S/C22H26BrNO5/c1-27-18-8-7-17(20(28-2)21(18)29-3)19(15-5-4-6-16(23)13-15)24-11-9-14(10-12-24)22(25)26/h4-8,13-14,19H,9-12H2,1-3H3,(H,25,26). The smallest absolute Gasteiger partial charge is 0.306 e. The fraction of sp³-hybridized carbons (Fsp3) is 0.409. The zero-order valence-electron chi connectivity index (χ0n) is 16.9. The summed E-state index contributed by atoms with van der Waals surface area (Å²) in [6, 6.07) is 11.9. The van der Waals surface area contributed by atoms with Gasteiger partial charge in [-0.15, -0.1) is 0 Å². The van der Waals surface area contributed by atoms with Crippen LogP contribution in [0.1, 0.15) is 30.0 Å². The molecule has 1 aliphatic heterocycles. The van der Waals surface area contributed by atoms with Gasteiger partial charge in [-0.25, -0.2) is 0 Å². The van der Waals surface area contributed by atoms with E-state index in [1.165, 1.54) is 0 Å². The van der Waals surface area contributed by atoms with Crippen molar-refractivity contribution in [1.29, 1.82) is 0 Å². The molecular weight excluding hydrogens is 438 g/mol. The summed E-state index contributed by atoms with van der Waals surface area (Å²) in [5, 5.41) is 9.37. The first-order valence-corrected chi connectivity index (χ1v) is 10.3. The fourth-order valence-corrected chi connectivity index (χ4v) is 4.43. The SMILES string of the molecule is COc1ccc(C(c2cccc(Br)c2)N2CCC(C(=O)O)CC2)c(OC)c1OC. The van der Waals surface area contributed by atoms with E-state index in [1.807, 2.05) is 24.3 Å². The van der Waals surface area contributed by atoms with Crippen LogP contribution in [0.2, 0.25) is 0 Å². The molecule has 0 spiro atoms. The van der Waals surface area contributed by atoms with Gasteiger partial charge in [0, 0.05) is 10.0 Å². The predicted octanol–water partition coefficient (Wildman–Crippen LogP) is 4.36. The van der Waals surface area contributed by atoms with Crippen LogP contribution in [0, 0.1) is 5.92 Å². The quantitative estimate of drug-likeness (QED) is 0.657. The van der Waals surface area contributed by atoms with E-state index < -0.39 is 5.97 Å². The van der Waals surface area contributed by atoms with Crippen LogP contribution in [-0.4, -0.2) is 50.4 Å². The molecule has 7 heteroatoms. The van der Waals surface area contributed by atoms with E-state index in [-0.39, 0.29) is 12.0 Å². The Bertz CT molecular complexity index is 864. The monoisotopic (exact) mass is 463 g/mol. The van der Waals surface area contributed by atoms with Gasteiger partial charge in [-0.05, 0) is 55.8 Å². The predicted molar refractivity (Wildman–Crippen MR) is 114 cm³/mol. The van der Waals surface area contributed by atoms with Crippen molar-refractivity contribution < 1.29 is 24.1 Å². The number of likely N-dealkylation sites (tertiary alicyclic amines) is 1. The van der Waals surface area contributed by atoms with Gasteiger partial charge in [-0.1, -0.05) is 28.1 Å². The van der Waals surface area contributed by atoms with Crippen molar-refractivity contribution in [1.82, 2.24) is 4.90 Å². The third-order valence-electron chi connectivity index (χ3n) is 5.44. The summed E-state index contributed by atoms with van der Waals surface area (Å²) in [7, 11) is 4.81. The Hall–Kier alpha value is -2.25. The molecule has 1 saturated heterocycles. The number of piperidine rings is 1. The lowest BCUT2D eigenvalue weighted by molar-refractivity contribution is -0.143. The van der Waals surface area contributed by atoms with Crippen LogP contribution in [-0.2, 0) is 4.79 Å². The second-order valence-electron chi connectivity index (χ2n) is 7.03. The van der Waals surface area contributed by atoms with Crippen molar-refractivity contribution in [2.75, 3.05) is 34.4 Å². The van der Waals surface area contributed by atoms with Gasteiger partial charge in [0.25, 0.3) is 0 Å². The average molecular weight is 464 g/mol. The molecule has 1 unspecified atom stereocenters. The molecule has 1 aliphatic rings. The molecule has 0 radical (unpaired) electrons. The van der Waals surface area contributed by atoms with Gasteiger partial charge >= 0.3 is 5.97 Å². The summed E-state index contributed by atoms with van der Waals surface area (Å²) in [4.78, 5) is 13.7. The van der Waals surface area contributed by atoms with Crippen molar-refractivity contribution in [3.63, 3.8) is 0 Å². The van der Waals surface area contributed by atoms with Crippen LogP contribution in [0.25, 0.3) is 0 Å². The van der Waals surface area contributed by atoms with Gasteiger partial charge < -0.3 is 19.3 Å². The molecule has 2 aromatic carbocycles. The molecule has 156 valence electrons. The number of benzene rings is 2. The van der Waals surface area contributed by atoms with Crippen molar-refractivity contribution >= 4 is 21.9 Å². The van der Waals surface area contributed by atoms with E-state index in [0.717, 1.165) is 15.6 Å².